The molecule has 2 aromatic heterocycles. The van der Waals surface area contributed by atoms with E-state index in [1.165, 1.54) is 29.3 Å². The fourth-order valence-electron chi connectivity index (χ4n) is 3.32. The topological polar surface area (TPSA) is 63.1 Å². The van der Waals surface area contributed by atoms with Crippen LogP contribution in [-0.4, -0.2) is 20.9 Å². The Balaban J connectivity index is 0.000000167. The second-order valence-corrected chi connectivity index (χ2v) is 9.98. The quantitative estimate of drug-likeness (QED) is 0.114. The van der Waals surface area contributed by atoms with Crippen LogP contribution in [0, 0.1) is 12.1 Å². The summed E-state index contributed by atoms with van der Waals surface area (Å²) in [6.07, 6.45) is 1.17. The van der Waals surface area contributed by atoms with Crippen molar-refractivity contribution < 1.29 is 30.0 Å². The smallest absolute Gasteiger partial charge is 0.155 e. The van der Waals surface area contributed by atoms with Crippen LogP contribution in [0.5, 0.6) is 0 Å². The van der Waals surface area contributed by atoms with Gasteiger partial charge in [-0.05, 0) is 38.1 Å². The minimum Gasteiger partial charge on any atom is -0.512 e. The second kappa shape index (κ2) is 14.5. The first-order chi connectivity index (χ1) is 18.0. The van der Waals surface area contributed by atoms with Crippen molar-refractivity contribution in [2.24, 2.45) is 0 Å². The molecule has 0 bridgehead atoms. The number of carbonyl (C=O) groups is 1. The molecule has 1 N–H and O–H groups in total. The Hall–Kier alpha value is -3.48. The molecule has 0 spiro atoms. The molecule has 0 saturated carbocycles. The molecule has 1 radical (unpaired) electrons. The molecule has 0 aliphatic rings. The third kappa shape index (κ3) is 8.27. The number of hydrogen-bond acceptors (Lipinski definition) is 6. The van der Waals surface area contributed by atoms with Crippen molar-refractivity contribution in [3.05, 3.63) is 121 Å². The number of aromatic nitrogens is 2. The van der Waals surface area contributed by atoms with Gasteiger partial charge in [0, 0.05) is 45.6 Å². The molecule has 0 aliphatic carbocycles. The predicted octanol–water partition coefficient (Wildman–Crippen LogP) is 8.56. The number of rotatable bonds is 3. The molecule has 4 aromatic carbocycles. The molecule has 0 fully saturated rings. The van der Waals surface area contributed by atoms with E-state index in [1.54, 1.807) is 22.7 Å². The summed E-state index contributed by atoms with van der Waals surface area (Å²) in [4.78, 5) is 19.2. The van der Waals surface area contributed by atoms with Crippen LogP contribution < -0.4 is 0 Å². The van der Waals surface area contributed by atoms with E-state index in [4.69, 9.17) is 5.11 Å². The number of allylic oxidation sites excluding steroid dienone is 2. The van der Waals surface area contributed by atoms with Gasteiger partial charge in [-0.15, -0.1) is 71.8 Å². The summed E-state index contributed by atoms with van der Waals surface area (Å²) in [5.41, 5.74) is 4.27. The molecule has 2 heterocycles. The zero-order chi connectivity index (χ0) is 26.0. The normalized spacial score (nSPS) is 10.5. The van der Waals surface area contributed by atoms with Crippen molar-refractivity contribution in [3.8, 4) is 21.1 Å². The zero-order valence-corrected chi connectivity index (χ0v) is 24.7. The van der Waals surface area contributed by atoms with Crippen LogP contribution in [0.4, 0.5) is 0 Å². The second-order valence-electron chi connectivity index (χ2n) is 7.92. The Morgan fingerprint density at radius 2 is 1.13 bits per heavy atom. The van der Waals surface area contributed by atoms with Crippen molar-refractivity contribution >= 4 is 48.9 Å². The van der Waals surface area contributed by atoms with Crippen LogP contribution in [0.2, 0.25) is 0 Å². The molecular weight excluding hydrogens is 689 g/mol. The van der Waals surface area contributed by atoms with Gasteiger partial charge in [0.25, 0.3) is 0 Å². The molecular formula is C31H24IrN2O2S2-2. The number of aliphatic hydroxyl groups is 1. The van der Waals surface area contributed by atoms with E-state index in [9.17, 15) is 4.79 Å². The first-order valence-corrected chi connectivity index (χ1v) is 13.2. The predicted molar refractivity (Wildman–Crippen MR) is 155 cm³/mol. The fraction of sp³-hybridized carbons (Fsp3) is 0.0645. The number of para-hydroxylation sites is 2. The largest absolute Gasteiger partial charge is 0.512 e. The van der Waals surface area contributed by atoms with Crippen molar-refractivity contribution in [2.45, 2.75) is 13.8 Å². The van der Waals surface area contributed by atoms with Gasteiger partial charge in [0.05, 0.1) is 16.8 Å². The van der Waals surface area contributed by atoms with Crippen LogP contribution >= 0.6 is 22.7 Å². The van der Waals surface area contributed by atoms with Crippen molar-refractivity contribution in [2.75, 3.05) is 0 Å². The summed E-state index contributed by atoms with van der Waals surface area (Å²) in [6, 6.07) is 38.6. The van der Waals surface area contributed by atoms with Crippen molar-refractivity contribution in [1.29, 1.82) is 0 Å². The average molecular weight is 713 g/mol. The Morgan fingerprint density at radius 3 is 1.45 bits per heavy atom. The minimum absolute atomic E-state index is 0. The van der Waals surface area contributed by atoms with E-state index >= 15 is 0 Å². The van der Waals surface area contributed by atoms with Gasteiger partial charge in [0.15, 0.2) is 5.78 Å². The molecule has 0 aliphatic heterocycles. The Morgan fingerprint density at radius 1 is 0.711 bits per heavy atom. The van der Waals surface area contributed by atoms with E-state index in [2.05, 4.69) is 34.2 Å². The number of nitrogens with zero attached hydrogens (tertiary/aromatic N) is 2. The summed E-state index contributed by atoms with van der Waals surface area (Å²) in [5.74, 6) is -0.0625. The van der Waals surface area contributed by atoms with Gasteiger partial charge in [-0.1, -0.05) is 24.3 Å². The van der Waals surface area contributed by atoms with Crippen molar-refractivity contribution in [1.82, 2.24) is 9.97 Å². The number of hydrogen-bond donors (Lipinski definition) is 1. The molecule has 6 aromatic rings. The molecule has 0 unspecified atom stereocenters. The number of aliphatic hydroxyl groups excluding tert-OH is 1. The van der Waals surface area contributed by atoms with E-state index in [1.807, 2.05) is 84.9 Å². The van der Waals surface area contributed by atoms with Gasteiger partial charge in [-0.3, -0.25) is 14.8 Å². The molecule has 6 rings (SSSR count). The van der Waals surface area contributed by atoms with E-state index in [0.29, 0.717) is 0 Å². The van der Waals surface area contributed by atoms with Gasteiger partial charge in [-0.2, -0.15) is 22.7 Å². The maximum absolute atomic E-state index is 10.0. The van der Waals surface area contributed by atoms with Crippen molar-refractivity contribution in [3.63, 3.8) is 0 Å². The van der Waals surface area contributed by atoms with Gasteiger partial charge in [0.2, 0.25) is 0 Å². The number of thiazole rings is 2. The number of ketones is 1. The SMILES string of the molecule is CC(=O)C=C(C)O.[Ir].[c-]1ccccc1-c1nc2ccccc2s1.[c-]1ccccc1-c1nc2ccccc2s1. The van der Waals surface area contributed by atoms with Crippen LogP contribution in [-0.2, 0) is 24.9 Å². The first kappa shape index (κ1) is 29.1. The first-order valence-electron chi connectivity index (χ1n) is 11.5. The Bertz CT molecular complexity index is 1450. The standard InChI is InChI=1S/2C13H8NS.C5H8O2.Ir/c2*1-2-6-10(7-3-1)13-14-11-8-4-5-9-12(11)15-13;1-4(6)3-5(2)7;/h2*1-6,8-9H;3,6H,1-2H3;/q2*-1;;. The number of benzene rings is 4. The van der Waals surface area contributed by atoms with Gasteiger partial charge < -0.3 is 5.11 Å². The van der Waals surface area contributed by atoms with E-state index in [-0.39, 0.29) is 31.6 Å². The summed E-state index contributed by atoms with van der Waals surface area (Å²) in [7, 11) is 0. The molecule has 0 saturated heterocycles. The average Bonchev–Trinajstić information content (AvgIpc) is 3.54. The van der Waals surface area contributed by atoms with Crippen LogP contribution in [0.1, 0.15) is 13.8 Å². The maximum atomic E-state index is 10.0. The summed E-state index contributed by atoms with van der Waals surface area (Å²) in [6.45, 7) is 2.85. The van der Waals surface area contributed by atoms with Gasteiger partial charge in [-0.25, -0.2) is 0 Å². The van der Waals surface area contributed by atoms with Crippen LogP contribution in [0.15, 0.2) is 109 Å². The Labute approximate surface area is 243 Å². The van der Waals surface area contributed by atoms with E-state index in [0.717, 1.165) is 32.2 Å². The third-order valence-corrected chi connectivity index (χ3v) is 7.02. The molecule has 38 heavy (non-hydrogen) atoms. The molecule has 0 amide bonds. The minimum atomic E-state index is -0.125. The fourth-order valence-corrected chi connectivity index (χ4v) is 5.23. The Kier molecular flexibility index (Phi) is 11.1. The summed E-state index contributed by atoms with van der Waals surface area (Å²) >= 11 is 3.42. The molecule has 0 atom stereocenters. The van der Waals surface area contributed by atoms with Gasteiger partial charge in [0.1, 0.15) is 0 Å². The third-order valence-electron chi connectivity index (χ3n) is 4.88. The van der Waals surface area contributed by atoms with Crippen LogP contribution in [0.25, 0.3) is 41.6 Å². The number of fused-ring (bicyclic) bond motifs is 2. The number of carbonyl (C=O) groups excluding carboxylic acids is 1. The summed E-state index contributed by atoms with van der Waals surface area (Å²) in [5, 5.41) is 10.4. The van der Waals surface area contributed by atoms with E-state index < -0.39 is 0 Å². The zero-order valence-electron chi connectivity index (χ0n) is 20.7. The summed E-state index contributed by atoms with van der Waals surface area (Å²) < 4.78 is 2.45. The van der Waals surface area contributed by atoms with Crippen LogP contribution in [0.3, 0.4) is 0 Å². The molecule has 193 valence electrons. The maximum Gasteiger partial charge on any atom is 0.155 e. The monoisotopic (exact) mass is 713 g/mol. The molecule has 7 heteroatoms. The molecule has 4 nitrogen and oxygen atoms in total. The van der Waals surface area contributed by atoms with Gasteiger partial charge >= 0.3 is 0 Å².